The molecular formula is C20H24N2O3S. The van der Waals surface area contributed by atoms with Gasteiger partial charge in [0, 0.05) is 6.04 Å². The summed E-state index contributed by atoms with van der Waals surface area (Å²) < 4.78 is 27.8. The van der Waals surface area contributed by atoms with Crippen LogP contribution in [0.2, 0.25) is 0 Å². The van der Waals surface area contributed by atoms with Gasteiger partial charge >= 0.3 is 0 Å². The van der Waals surface area contributed by atoms with E-state index in [9.17, 15) is 13.2 Å². The van der Waals surface area contributed by atoms with Gasteiger partial charge in [0.2, 0.25) is 0 Å². The summed E-state index contributed by atoms with van der Waals surface area (Å²) in [4.78, 5) is 12.9. The molecule has 3 rings (SSSR count). The highest BCUT2D eigenvalue weighted by Crippen LogP contribution is 2.23. The minimum Gasteiger partial charge on any atom is -0.349 e. The zero-order valence-electron chi connectivity index (χ0n) is 14.9. The van der Waals surface area contributed by atoms with Gasteiger partial charge in [-0.3, -0.25) is 9.52 Å². The molecule has 2 aromatic carbocycles. The molecule has 0 aliphatic heterocycles. The van der Waals surface area contributed by atoms with Crippen molar-refractivity contribution < 1.29 is 13.2 Å². The van der Waals surface area contributed by atoms with Crippen LogP contribution >= 0.6 is 0 Å². The predicted molar refractivity (Wildman–Crippen MR) is 103 cm³/mol. The van der Waals surface area contributed by atoms with Gasteiger partial charge < -0.3 is 5.32 Å². The number of benzene rings is 2. The zero-order chi connectivity index (χ0) is 18.6. The van der Waals surface area contributed by atoms with Gasteiger partial charge in [-0.25, -0.2) is 8.42 Å². The number of sulfonamides is 1. The van der Waals surface area contributed by atoms with Crippen LogP contribution in [0.5, 0.6) is 0 Å². The topological polar surface area (TPSA) is 75.3 Å². The smallest absolute Gasteiger partial charge is 0.261 e. The third-order valence-corrected chi connectivity index (χ3v) is 6.04. The number of anilines is 1. The Kier molecular flexibility index (Phi) is 5.61. The monoisotopic (exact) mass is 372 g/mol. The third kappa shape index (κ3) is 4.43. The summed E-state index contributed by atoms with van der Waals surface area (Å²) >= 11 is 0. The molecule has 1 aliphatic carbocycles. The van der Waals surface area contributed by atoms with Gasteiger partial charge in [0.1, 0.15) is 0 Å². The quantitative estimate of drug-likeness (QED) is 0.837. The molecule has 2 aromatic rings. The molecule has 0 bridgehead atoms. The number of rotatable bonds is 5. The highest BCUT2D eigenvalue weighted by Gasteiger charge is 2.21. The first-order chi connectivity index (χ1) is 12.5. The highest BCUT2D eigenvalue weighted by atomic mass is 32.2. The van der Waals surface area contributed by atoms with Gasteiger partial charge in [-0.05, 0) is 44.0 Å². The number of carbonyl (C=O) groups is 1. The first kappa shape index (κ1) is 18.5. The van der Waals surface area contributed by atoms with E-state index in [0.29, 0.717) is 11.3 Å². The zero-order valence-corrected chi connectivity index (χ0v) is 15.7. The molecule has 0 atom stereocenters. The van der Waals surface area contributed by atoms with Crippen molar-refractivity contribution in [2.45, 2.75) is 50.0 Å². The summed E-state index contributed by atoms with van der Waals surface area (Å²) in [6, 6.07) is 13.5. The number of amides is 1. The number of hydrogen-bond acceptors (Lipinski definition) is 3. The van der Waals surface area contributed by atoms with Crippen LogP contribution in [-0.2, 0) is 10.0 Å². The lowest BCUT2D eigenvalue weighted by molar-refractivity contribution is 0.0928. The van der Waals surface area contributed by atoms with Crippen LogP contribution in [0.1, 0.15) is 48.0 Å². The average Bonchev–Trinajstić information content (AvgIpc) is 2.64. The van der Waals surface area contributed by atoms with E-state index in [4.69, 9.17) is 0 Å². The number of nitrogens with one attached hydrogen (secondary N) is 2. The molecule has 0 radical (unpaired) electrons. The van der Waals surface area contributed by atoms with E-state index >= 15 is 0 Å². The molecule has 1 aliphatic rings. The molecule has 1 fully saturated rings. The fraction of sp³-hybridized carbons (Fsp3) is 0.350. The van der Waals surface area contributed by atoms with Gasteiger partial charge in [0.05, 0.1) is 16.1 Å². The van der Waals surface area contributed by atoms with Crippen molar-refractivity contribution in [3.63, 3.8) is 0 Å². The van der Waals surface area contributed by atoms with Gasteiger partial charge in [-0.15, -0.1) is 0 Å². The number of aryl methyl sites for hydroxylation is 1. The summed E-state index contributed by atoms with van der Waals surface area (Å²) in [5.74, 6) is -0.230. The Labute approximate surface area is 154 Å². The van der Waals surface area contributed by atoms with Crippen LogP contribution in [0.15, 0.2) is 53.4 Å². The van der Waals surface area contributed by atoms with E-state index < -0.39 is 10.0 Å². The Morgan fingerprint density at radius 2 is 1.69 bits per heavy atom. The largest absolute Gasteiger partial charge is 0.349 e. The fourth-order valence-corrected chi connectivity index (χ4v) is 4.35. The van der Waals surface area contributed by atoms with E-state index in [2.05, 4.69) is 10.0 Å². The molecule has 0 heterocycles. The van der Waals surface area contributed by atoms with Crippen LogP contribution in [0.3, 0.4) is 0 Å². The Bertz CT molecular complexity index is 873. The minimum atomic E-state index is -3.75. The van der Waals surface area contributed by atoms with E-state index in [1.54, 1.807) is 36.4 Å². The molecule has 2 N–H and O–H groups in total. The fourth-order valence-electron chi connectivity index (χ4n) is 3.25. The molecule has 0 saturated heterocycles. The number of carbonyl (C=O) groups excluding carboxylic acids is 1. The van der Waals surface area contributed by atoms with Gasteiger partial charge in [0.25, 0.3) is 15.9 Å². The Morgan fingerprint density at radius 1 is 1.00 bits per heavy atom. The summed E-state index contributed by atoms with van der Waals surface area (Å²) in [6.07, 6.45) is 5.39. The van der Waals surface area contributed by atoms with Crippen molar-refractivity contribution >= 4 is 21.6 Å². The second-order valence-electron chi connectivity index (χ2n) is 6.78. The van der Waals surface area contributed by atoms with Crippen LogP contribution < -0.4 is 10.0 Å². The Morgan fingerprint density at radius 3 is 2.38 bits per heavy atom. The Balaban J connectivity index is 1.85. The lowest BCUT2D eigenvalue weighted by atomic mass is 9.95. The van der Waals surface area contributed by atoms with Crippen molar-refractivity contribution in [2.24, 2.45) is 0 Å². The molecule has 5 nitrogen and oxygen atoms in total. The first-order valence-corrected chi connectivity index (χ1v) is 10.4. The van der Waals surface area contributed by atoms with E-state index in [1.165, 1.54) is 18.6 Å². The second-order valence-corrected chi connectivity index (χ2v) is 8.46. The Hall–Kier alpha value is -2.34. The SMILES string of the molecule is Cc1ccc(NS(=O)(=O)c2ccccc2)c(C(=O)NC2CCCCC2)c1. The van der Waals surface area contributed by atoms with Crippen molar-refractivity contribution in [3.05, 3.63) is 59.7 Å². The molecule has 0 aromatic heterocycles. The molecular weight excluding hydrogens is 348 g/mol. The molecule has 6 heteroatoms. The van der Waals surface area contributed by atoms with E-state index in [-0.39, 0.29) is 16.8 Å². The van der Waals surface area contributed by atoms with Crippen molar-refractivity contribution in [1.29, 1.82) is 0 Å². The van der Waals surface area contributed by atoms with Gasteiger partial charge in [-0.1, -0.05) is 49.1 Å². The normalized spacial score (nSPS) is 15.4. The van der Waals surface area contributed by atoms with Crippen LogP contribution in [-0.4, -0.2) is 20.4 Å². The predicted octanol–water partition coefficient (Wildman–Crippen LogP) is 3.86. The van der Waals surface area contributed by atoms with E-state index in [1.807, 2.05) is 6.92 Å². The van der Waals surface area contributed by atoms with Crippen molar-refractivity contribution in [1.82, 2.24) is 5.32 Å². The van der Waals surface area contributed by atoms with E-state index in [0.717, 1.165) is 31.2 Å². The average molecular weight is 372 g/mol. The summed E-state index contributed by atoms with van der Waals surface area (Å²) in [5, 5.41) is 3.05. The van der Waals surface area contributed by atoms with Crippen LogP contribution in [0.4, 0.5) is 5.69 Å². The lowest BCUT2D eigenvalue weighted by Crippen LogP contribution is -2.36. The maximum Gasteiger partial charge on any atom is 0.261 e. The number of hydrogen-bond donors (Lipinski definition) is 2. The molecule has 138 valence electrons. The van der Waals surface area contributed by atoms with Crippen LogP contribution in [0.25, 0.3) is 0 Å². The summed E-state index contributed by atoms with van der Waals surface area (Å²) in [5.41, 5.74) is 1.56. The van der Waals surface area contributed by atoms with Crippen molar-refractivity contribution in [3.8, 4) is 0 Å². The lowest BCUT2D eigenvalue weighted by Gasteiger charge is -2.23. The third-order valence-electron chi connectivity index (χ3n) is 4.66. The first-order valence-electron chi connectivity index (χ1n) is 8.95. The van der Waals surface area contributed by atoms with Gasteiger partial charge in [-0.2, -0.15) is 0 Å². The summed E-state index contributed by atoms with van der Waals surface area (Å²) in [6.45, 7) is 1.88. The maximum atomic E-state index is 12.8. The molecule has 26 heavy (non-hydrogen) atoms. The standard InChI is InChI=1S/C20H24N2O3S/c1-15-12-13-19(22-26(24,25)17-10-6-3-7-11-17)18(14-15)20(23)21-16-8-4-2-5-9-16/h3,6-7,10-14,16,22H,2,4-5,8-9H2,1H3,(H,21,23). The molecule has 0 unspecified atom stereocenters. The van der Waals surface area contributed by atoms with Crippen molar-refractivity contribution in [2.75, 3.05) is 4.72 Å². The molecule has 1 amide bonds. The highest BCUT2D eigenvalue weighted by molar-refractivity contribution is 7.92. The molecule has 1 saturated carbocycles. The maximum absolute atomic E-state index is 12.8. The minimum absolute atomic E-state index is 0.162. The van der Waals surface area contributed by atoms with Gasteiger partial charge in [0.15, 0.2) is 0 Å². The second kappa shape index (κ2) is 7.91. The molecule has 0 spiro atoms. The summed E-state index contributed by atoms with van der Waals surface area (Å²) in [7, 11) is -3.75. The van der Waals surface area contributed by atoms with Crippen LogP contribution in [0, 0.1) is 6.92 Å².